The summed E-state index contributed by atoms with van der Waals surface area (Å²) in [5.74, 6) is -0.718. The first-order valence-corrected chi connectivity index (χ1v) is 10.2. The van der Waals surface area contributed by atoms with Crippen LogP contribution >= 0.6 is 15.9 Å². The number of fused-ring (bicyclic) bond motifs is 2. The number of allylic oxidation sites excluding steroid dienone is 2. The first kappa shape index (κ1) is 17.6. The van der Waals surface area contributed by atoms with Crippen LogP contribution in [-0.4, -0.2) is 56.4 Å². The molecule has 0 N–H and O–H groups in total. The number of aryl methyl sites for hydroxylation is 1. The number of amides is 3. The van der Waals surface area contributed by atoms with Crippen molar-refractivity contribution in [3.05, 3.63) is 40.5 Å². The first-order chi connectivity index (χ1) is 13.5. The zero-order valence-corrected chi connectivity index (χ0v) is 16.9. The van der Waals surface area contributed by atoms with E-state index >= 15 is 0 Å². The molecule has 3 amide bonds. The third-order valence-electron chi connectivity index (χ3n) is 6.06. The van der Waals surface area contributed by atoms with Crippen molar-refractivity contribution >= 4 is 44.6 Å². The van der Waals surface area contributed by atoms with Crippen molar-refractivity contribution in [3.63, 3.8) is 0 Å². The number of likely N-dealkylation sites (tertiary alicyclic amines) is 2. The number of nitrogens with zero attached hydrogens (tertiary/aromatic N) is 4. The molecule has 2 aliphatic heterocycles. The quantitative estimate of drug-likeness (QED) is 0.527. The van der Waals surface area contributed by atoms with Gasteiger partial charge in [0, 0.05) is 30.0 Å². The summed E-state index contributed by atoms with van der Waals surface area (Å²) in [6.07, 6.45) is 5.24. The van der Waals surface area contributed by atoms with Gasteiger partial charge >= 0.3 is 0 Å². The van der Waals surface area contributed by atoms with Crippen molar-refractivity contribution in [1.29, 1.82) is 0 Å². The molecule has 2 aromatic rings. The molecule has 2 saturated heterocycles. The Hall–Kier alpha value is -2.48. The topological polar surface area (TPSA) is 75.5 Å². The van der Waals surface area contributed by atoms with E-state index in [0.29, 0.717) is 31.6 Å². The lowest BCUT2D eigenvalue weighted by atomic mass is 9.85. The number of hydrogen-bond acceptors (Lipinski definition) is 4. The second-order valence-corrected chi connectivity index (χ2v) is 8.62. The summed E-state index contributed by atoms with van der Waals surface area (Å²) in [4.78, 5) is 41.5. The summed E-state index contributed by atoms with van der Waals surface area (Å²) in [6.45, 7) is 0.763. The van der Waals surface area contributed by atoms with Crippen LogP contribution in [0.4, 0.5) is 0 Å². The number of hydrogen-bond donors (Lipinski definition) is 0. The Bertz CT molecular complexity index is 1030. The van der Waals surface area contributed by atoms with Gasteiger partial charge in [-0.15, -0.1) is 0 Å². The van der Waals surface area contributed by atoms with Crippen molar-refractivity contribution in [2.75, 3.05) is 13.1 Å². The fourth-order valence-corrected chi connectivity index (χ4v) is 4.90. The molecule has 1 aliphatic carbocycles. The Labute approximate surface area is 170 Å². The van der Waals surface area contributed by atoms with Crippen LogP contribution in [0.25, 0.3) is 10.9 Å². The number of carbonyl (C=O) groups excluding carboxylic acids is 3. The van der Waals surface area contributed by atoms with E-state index in [4.69, 9.17) is 0 Å². The van der Waals surface area contributed by atoms with E-state index in [9.17, 15) is 14.4 Å². The van der Waals surface area contributed by atoms with Crippen LogP contribution in [0.5, 0.6) is 0 Å². The maximum Gasteiger partial charge on any atom is 0.272 e. The van der Waals surface area contributed by atoms with E-state index in [2.05, 4.69) is 21.0 Å². The fourth-order valence-electron chi connectivity index (χ4n) is 4.55. The number of carbonyl (C=O) groups is 3. The highest BCUT2D eigenvalue weighted by Gasteiger charge is 2.52. The predicted molar refractivity (Wildman–Crippen MR) is 105 cm³/mol. The summed E-state index contributed by atoms with van der Waals surface area (Å²) in [5.41, 5.74) is 1.27. The zero-order valence-electron chi connectivity index (χ0n) is 15.3. The SMILES string of the molecule is Cn1nc2cc(Br)ccc2c1C(=O)N1CC(N2C(=O)[C@H]3CC=CC[C@H]3C2=O)C1. The Balaban J connectivity index is 1.34. The van der Waals surface area contributed by atoms with Gasteiger partial charge in [0.2, 0.25) is 11.8 Å². The van der Waals surface area contributed by atoms with Crippen molar-refractivity contribution < 1.29 is 14.4 Å². The molecule has 0 unspecified atom stereocenters. The molecule has 0 radical (unpaired) electrons. The number of rotatable bonds is 2. The van der Waals surface area contributed by atoms with Crippen LogP contribution in [0.2, 0.25) is 0 Å². The molecule has 0 bridgehead atoms. The van der Waals surface area contributed by atoms with Crippen molar-refractivity contribution in [3.8, 4) is 0 Å². The highest BCUT2D eigenvalue weighted by Crippen LogP contribution is 2.37. The van der Waals surface area contributed by atoms with Crippen LogP contribution < -0.4 is 0 Å². The summed E-state index contributed by atoms with van der Waals surface area (Å²) < 4.78 is 2.50. The second-order valence-electron chi connectivity index (χ2n) is 7.70. The average molecular weight is 443 g/mol. The summed E-state index contributed by atoms with van der Waals surface area (Å²) in [7, 11) is 1.75. The Kier molecular flexibility index (Phi) is 3.94. The maximum atomic E-state index is 13.0. The standard InChI is InChI=1S/C20H19BrN4O3/c1-23-17(15-7-6-11(21)8-16(15)22-23)20(28)24-9-12(10-24)25-18(26)13-4-2-3-5-14(13)19(25)27/h2-3,6-8,12-14H,4-5,9-10H2,1H3/t13-,14+. The minimum atomic E-state index is -0.221. The van der Waals surface area contributed by atoms with Crippen LogP contribution in [0.3, 0.4) is 0 Å². The molecule has 3 heterocycles. The molecule has 1 aromatic heterocycles. The zero-order chi connectivity index (χ0) is 19.6. The van der Waals surface area contributed by atoms with E-state index in [1.165, 1.54) is 4.90 Å². The van der Waals surface area contributed by atoms with Gasteiger partial charge in [0.15, 0.2) is 0 Å². The van der Waals surface area contributed by atoms with E-state index in [-0.39, 0.29) is 35.6 Å². The van der Waals surface area contributed by atoms with E-state index in [0.717, 1.165) is 15.4 Å². The first-order valence-electron chi connectivity index (χ1n) is 9.39. The Morgan fingerprint density at radius 3 is 2.39 bits per heavy atom. The lowest BCUT2D eigenvalue weighted by molar-refractivity contribution is -0.145. The van der Waals surface area contributed by atoms with Crippen molar-refractivity contribution in [1.82, 2.24) is 19.6 Å². The molecule has 1 aromatic carbocycles. The molecule has 0 saturated carbocycles. The number of aromatic nitrogens is 2. The van der Waals surface area contributed by atoms with Crippen LogP contribution in [0.15, 0.2) is 34.8 Å². The van der Waals surface area contributed by atoms with Crippen LogP contribution in [-0.2, 0) is 16.6 Å². The Morgan fingerprint density at radius 1 is 1.11 bits per heavy atom. The lowest BCUT2D eigenvalue weighted by Crippen LogP contribution is -2.62. The van der Waals surface area contributed by atoms with Gasteiger partial charge < -0.3 is 4.90 Å². The van der Waals surface area contributed by atoms with Gasteiger partial charge in [-0.2, -0.15) is 5.10 Å². The van der Waals surface area contributed by atoms with E-state index < -0.39 is 0 Å². The maximum absolute atomic E-state index is 13.0. The molecular weight excluding hydrogens is 424 g/mol. The lowest BCUT2D eigenvalue weighted by Gasteiger charge is -2.43. The highest BCUT2D eigenvalue weighted by molar-refractivity contribution is 9.10. The molecule has 144 valence electrons. The molecular formula is C20H19BrN4O3. The van der Waals surface area contributed by atoms with Gasteiger partial charge in [0.25, 0.3) is 5.91 Å². The molecule has 3 aliphatic rings. The van der Waals surface area contributed by atoms with Crippen LogP contribution in [0, 0.1) is 11.8 Å². The predicted octanol–water partition coefficient (Wildman–Crippen LogP) is 2.11. The number of halogens is 1. The molecule has 0 spiro atoms. The van der Waals surface area contributed by atoms with Crippen LogP contribution in [0.1, 0.15) is 23.3 Å². The molecule has 2 fully saturated rings. The third-order valence-corrected chi connectivity index (χ3v) is 6.55. The van der Waals surface area contributed by atoms with Crippen molar-refractivity contribution in [2.24, 2.45) is 18.9 Å². The largest absolute Gasteiger partial charge is 0.333 e. The number of imide groups is 1. The molecule has 5 rings (SSSR count). The Morgan fingerprint density at radius 2 is 1.75 bits per heavy atom. The van der Waals surface area contributed by atoms with Gasteiger partial charge in [-0.1, -0.05) is 28.1 Å². The van der Waals surface area contributed by atoms with E-state index in [1.807, 2.05) is 30.4 Å². The average Bonchev–Trinajstić information content (AvgIpc) is 3.09. The van der Waals surface area contributed by atoms with Crippen molar-refractivity contribution in [2.45, 2.75) is 18.9 Å². The normalized spacial score (nSPS) is 24.8. The molecule has 2 atom stereocenters. The molecule has 8 heteroatoms. The van der Waals surface area contributed by atoms with Gasteiger partial charge in [-0.05, 0) is 31.0 Å². The molecule has 7 nitrogen and oxygen atoms in total. The van der Waals surface area contributed by atoms with Gasteiger partial charge in [0.1, 0.15) is 5.69 Å². The van der Waals surface area contributed by atoms with Gasteiger partial charge in [-0.25, -0.2) is 0 Å². The third kappa shape index (κ3) is 2.47. The minimum Gasteiger partial charge on any atom is -0.333 e. The monoisotopic (exact) mass is 442 g/mol. The summed E-state index contributed by atoms with van der Waals surface area (Å²) in [6, 6.07) is 5.42. The summed E-state index contributed by atoms with van der Waals surface area (Å²) in [5, 5.41) is 5.21. The minimum absolute atomic E-state index is 0.0766. The highest BCUT2D eigenvalue weighted by atomic mass is 79.9. The summed E-state index contributed by atoms with van der Waals surface area (Å²) >= 11 is 3.42. The van der Waals surface area contributed by atoms with Gasteiger partial charge in [-0.3, -0.25) is 24.0 Å². The fraction of sp³-hybridized carbons (Fsp3) is 0.400. The molecule has 28 heavy (non-hydrogen) atoms. The smallest absolute Gasteiger partial charge is 0.272 e. The second kappa shape index (κ2) is 6.27. The number of benzene rings is 1. The van der Waals surface area contributed by atoms with Gasteiger partial charge in [0.05, 0.1) is 23.4 Å². The van der Waals surface area contributed by atoms with E-state index in [1.54, 1.807) is 16.6 Å².